The van der Waals surface area contributed by atoms with E-state index in [0.717, 1.165) is 38.1 Å². The molecule has 11 nitrogen and oxygen atoms in total. The van der Waals surface area contributed by atoms with Crippen LogP contribution in [0.25, 0.3) is 0 Å². The maximum atomic E-state index is 14.9. The van der Waals surface area contributed by atoms with Crippen LogP contribution < -0.4 is 19.9 Å². The molecule has 4 heterocycles. The van der Waals surface area contributed by atoms with Crippen molar-refractivity contribution in [2.45, 2.75) is 90.9 Å². The van der Waals surface area contributed by atoms with Crippen LogP contribution in [0, 0.1) is 24.5 Å². The molecule has 0 unspecified atom stereocenters. The average Bonchev–Trinajstić information content (AvgIpc) is 3.63. The van der Waals surface area contributed by atoms with Crippen LogP contribution in [-0.4, -0.2) is 70.1 Å². The zero-order valence-electron chi connectivity index (χ0n) is 27.0. The first kappa shape index (κ1) is 32.4. The van der Waals surface area contributed by atoms with Crippen LogP contribution in [0.3, 0.4) is 0 Å². The maximum Gasteiger partial charge on any atom is 0.407 e. The van der Waals surface area contributed by atoms with Crippen molar-refractivity contribution in [3.8, 4) is 5.75 Å². The number of aryl methyl sites for hydroxylation is 1. The van der Waals surface area contributed by atoms with Gasteiger partial charge < -0.3 is 29.1 Å². The number of carbonyl (C=O) groups excluding carboxylic acids is 1. The lowest BCUT2D eigenvalue weighted by molar-refractivity contribution is 0.0504. The fraction of sp³-hybridized carbons (Fsp3) is 0.594. The number of nitrogens with one attached hydrogen (secondary N) is 1. The maximum absolute atomic E-state index is 14.9. The Bertz CT molecular complexity index is 1490. The number of halogens is 2. The average molecular weight is 628 g/mol. The van der Waals surface area contributed by atoms with E-state index in [9.17, 15) is 13.6 Å². The first-order valence-corrected chi connectivity index (χ1v) is 15.6. The van der Waals surface area contributed by atoms with Crippen LogP contribution in [0.5, 0.6) is 5.75 Å². The smallest absolute Gasteiger partial charge is 0.407 e. The number of alkyl carbamates (subject to hydrolysis) is 1. The molecule has 0 bridgehead atoms. The second kappa shape index (κ2) is 13.1. The summed E-state index contributed by atoms with van der Waals surface area (Å²) < 4.78 is 46.3. The lowest BCUT2D eigenvalue weighted by Crippen LogP contribution is -2.43. The van der Waals surface area contributed by atoms with Gasteiger partial charge in [-0.15, -0.1) is 0 Å². The summed E-state index contributed by atoms with van der Waals surface area (Å²) in [7, 11) is 0. The first-order chi connectivity index (χ1) is 21.3. The number of carbonyl (C=O) groups is 1. The molecule has 3 aromatic rings. The van der Waals surface area contributed by atoms with Crippen molar-refractivity contribution in [2.75, 3.05) is 36.0 Å². The standard InChI is InChI=1S/C32H43F2N7O4/c1-18(2)28-38-30(45-39-28)40-12-10-21(11-13-40)20(4)43-27-15-35-29(36-19(27)3)41-16-24(23-14-22(33)8-9-25(23)34)26(17-41)37-31(42)44-32(5,6)7/h8-9,14-15,18,20-21,24,26H,10-13,16-17H2,1-7H3,(H,37,42)/t20-,24+,26-/m0/s1. The third kappa shape index (κ3) is 7.80. The van der Waals surface area contributed by atoms with Crippen molar-refractivity contribution in [3.05, 3.63) is 53.1 Å². The summed E-state index contributed by atoms with van der Waals surface area (Å²) in [5.41, 5.74) is 0.126. The van der Waals surface area contributed by atoms with E-state index in [1.54, 1.807) is 27.0 Å². The molecule has 0 radical (unpaired) electrons. The fourth-order valence-corrected chi connectivity index (χ4v) is 5.84. The molecule has 1 N–H and O–H groups in total. The molecule has 244 valence electrons. The minimum absolute atomic E-state index is 0.0660. The third-order valence-electron chi connectivity index (χ3n) is 8.32. The number of benzene rings is 1. The minimum Gasteiger partial charge on any atom is -0.487 e. The molecule has 2 fully saturated rings. The van der Waals surface area contributed by atoms with E-state index in [1.165, 1.54) is 6.07 Å². The largest absolute Gasteiger partial charge is 0.487 e. The monoisotopic (exact) mass is 627 g/mol. The fourth-order valence-electron chi connectivity index (χ4n) is 5.84. The van der Waals surface area contributed by atoms with Crippen LogP contribution in [-0.2, 0) is 4.74 Å². The van der Waals surface area contributed by atoms with Gasteiger partial charge in [-0.3, -0.25) is 0 Å². The van der Waals surface area contributed by atoms with Crippen LogP contribution in [0.4, 0.5) is 25.5 Å². The number of anilines is 2. The number of piperidine rings is 1. The van der Waals surface area contributed by atoms with Gasteiger partial charge in [-0.25, -0.2) is 23.5 Å². The van der Waals surface area contributed by atoms with E-state index in [2.05, 4.69) is 32.3 Å². The highest BCUT2D eigenvalue weighted by Gasteiger charge is 2.39. The summed E-state index contributed by atoms with van der Waals surface area (Å²) in [6, 6.07) is 3.36. The SMILES string of the molecule is Cc1nc(N2C[C@H](NC(=O)OC(C)(C)C)[C@@H](c3cc(F)ccc3F)C2)ncc1O[C@@H](C)C1CCN(c2nc(C(C)C)no2)CC1. The van der Waals surface area contributed by atoms with Crippen LogP contribution >= 0.6 is 0 Å². The highest BCUT2D eigenvalue weighted by atomic mass is 19.1. The predicted octanol–water partition coefficient (Wildman–Crippen LogP) is 5.75. The van der Waals surface area contributed by atoms with Crippen molar-refractivity contribution < 1.29 is 27.6 Å². The van der Waals surface area contributed by atoms with E-state index in [1.807, 2.05) is 25.7 Å². The van der Waals surface area contributed by atoms with Gasteiger partial charge in [0.25, 0.3) is 0 Å². The number of rotatable bonds is 8. The summed E-state index contributed by atoms with van der Waals surface area (Å²) in [6.45, 7) is 15.4. The Balaban J connectivity index is 1.24. The quantitative estimate of drug-likeness (QED) is 0.331. The van der Waals surface area contributed by atoms with E-state index < -0.39 is 35.3 Å². The van der Waals surface area contributed by atoms with Gasteiger partial charge in [0.2, 0.25) is 5.95 Å². The Labute approximate surface area is 262 Å². The topological polar surface area (TPSA) is 119 Å². The summed E-state index contributed by atoms with van der Waals surface area (Å²) in [6.07, 6.45) is 2.78. The number of aromatic nitrogens is 4. The van der Waals surface area contributed by atoms with Crippen molar-refractivity contribution in [1.29, 1.82) is 0 Å². The van der Waals surface area contributed by atoms with Crippen LogP contribution in [0.2, 0.25) is 0 Å². The molecule has 1 aromatic carbocycles. The minimum atomic E-state index is -0.711. The van der Waals surface area contributed by atoms with Crippen LogP contribution in [0.1, 0.15) is 83.3 Å². The zero-order valence-corrected chi connectivity index (χ0v) is 27.0. The van der Waals surface area contributed by atoms with E-state index in [4.69, 9.17) is 19.0 Å². The van der Waals surface area contributed by atoms with Crippen LogP contribution in [0.15, 0.2) is 28.9 Å². The van der Waals surface area contributed by atoms with Gasteiger partial charge >= 0.3 is 12.1 Å². The molecule has 0 saturated carbocycles. The second-order valence-electron chi connectivity index (χ2n) is 13.3. The molecule has 2 aliphatic heterocycles. The molecule has 13 heteroatoms. The molecule has 1 amide bonds. The summed E-state index contributed by atoms with van der Waals surface area (Å²) in [4.78, 5) is 30.4. The molecule has 2 aliphatic rings. The molecular weight excluding hydrogens is 584 g/mol. The lowest BCUT2D eigenvalue weighted by atomic mass is 9.92. The molecule has 5 rings (SSSR count). The molecule has 45 heavy (non-hydrogen) atoms. The summed E-state index contributed by atoms with van der Waals surface area (Å²) in [5.74, 6) is 0.601. The van der Waals surface area contributed by atoms with Gasteiger partial charge in [-0.1, -0.05) is 19.0 Å². The molecule has 0 spiro atoms. The van der Waals surface area contributed by atoms with Crippen molar-refractivity contribution in [2.24, 2.45) is 5.92 Å². The number of hydrogen-bond donors (Lipinski definition) is 1. The molecule has 0 aliphatic carbocycles. The second-order valence-corrected chi connectivity index (χ2v) is 13.3. The van der Waals surface area contributed by atoms with Gasteiger partial charge in [0.1, 0.15) is 17.2 Å². The lowest BCUT2D eigenvalue weighted by Gasteiger charge is -2.33. The van der Waals surface area contributed by atoms with Gasteiger partial charge in [-0.05, 0) is 77.1 Å². The van der Waals surface area contributed by atoms with Gasteiger partial charge in [0, 0.05) is 38.0 Å². The van der Waals surface area contributed by atoms with Crippen molar-refractivity contribution >= 4 is 18.1 Å². The van der Waals surface area contributed by atoms with E-state index in [-0.39, 0.29) is 30.7 Å². The van der Waals surface area contributed by atoms with E-state index in [0.29, 0.717) is 35.1 Å². The molecular formula is C32H43F2N7O4. The van der Waals surface area contributed by atoms with Crippen molar-refractivity contribution in [1.82, 2.24) is 25.4 Å². The van der Waals surface area contributed by atoms with Gasteiger partial charge in [0.05, 0.1) is 24.0 Å². The highest BCUT2D eigenvalue weighted by molar-refractivity contribution is 5.68. The number of nitrogens with zero attached hydrogens (tertiary/aromatic N) is 6. The third-order valence-corrected chi connectivity index (χ3v) is 8.32. The Kier molecular flexibility index (Phi) is 9.45. The zero-order chi connectivity index (χ0) is 32.5. The summed E-state index contributed by atoms with van der Waals surface area (Å²) >= 11 is 0. The van der Waals surface area contributed by atoms with Gasteiger partial charge in [0.15, 0.2) is 11.6 Å². The Morgan fingerprint density at radius 3 is 2.47 bits per heavy atom. The Morgan fingerprint density at radius 1 is 1.09 bits per heavy atom. The molecule has 2 saturated heterocycles. The van der Waals surface area contributed by atoms with E-state index >= 15 is 0 Å². The highest BCUT2D eigenvalue weighted by Crippen LogP contribution is 2.34. The predicted molar refractivity (Wildman–Crippen MR) is 165 cm³/mol. The Morgan fingerprint density at radius 2 is 1.82 bits per heavy atom. The Hall–Kier alpha value is -4.03. The number of ether oxygens (including phenoxy) is 2. The number of hydrogen-bond acceptors (Lipinski definition) is 10. The van der Waals surface area contributed by atoms with Gasteiger partial charge in [-0.2, -0.15) is 4.98 Å². The normalized spacial score (nSPS) is 20.0. The van der Waals surface area contributed by atoms with Crippen molar-refractivity contribution in [3.63, 3.8) is 0 Å². The summed E-state index contributed by atoms with van der Waals surface area (Å²) in [5, 5.41) is 6.93. The molecule has 2 aromatic heterocycles. The number of amides is 1. The first-order valence-electron chi connectivity index (χ1n) is 15.6. The molecule has 3 atom stereocenters.